The van der Waals surface area contributed by atoms with E-state index in [2.05, 4.69) is 20.1 Å². The maximum atomic E-state index is 11.8. The Morgan fingerprint density at radius 1 is 1.35 bits per heavy atom. The largest absolute Gasteiger partial charge is 0.413 e. The molecule has 1 aliphatic heterocycles. The van der Waals surface area contributed by atoms with Gasteiger partial charge in [-0.05, 0) is 25.5 Å². The lowest BCUT2D eigenvalue weighted by atomic mass is 10.3. The van der Waals surface area contributed by atoms with Crippen LogP contribution in [0.25, 0.3) is 0 Å². The summed E-state index contributed by atoms with van der Waals surface area (Å²) in [7, 11) is 0. The molecule has 1 atom stereocenters. The second-order valence-corrected chi connectivity index (χ2v) is 4.80. The zero-order chi connectivity index (χ0) is 13.9. The molecule has 104 valence electrons. The minimum Gasteiger partial charge on any atom is -0.410 e. The van der Waals surface area contributed by atoms with Crippen LogP contribution >= 0.6 is 0 Å². The molecule has 20 heavy (non-hydrogen) atoms. The number of nitrogens with one attached hydrogen (secondary N) is 1. The summed E-state index contributed by atoms with van der Waals surface area (Å²) in [4.78, 5) is 11.8. The average molecular weight is 272 g/mol. The first-order valence-electron chi connectivity index (χ1n) is 6.69. The number of fused-ring (bicyclic) bond motifs is 1. The van der Waals surface area contributed by atoms with Crippen molar-refractivity contribution in [3.05, 3.63) is 42.0 Å². The molecule has 1 amide bonds. The topological polar surface area (TPSA) is 69.0 Å². The lowest BCUT2D eigenvalue weighted by molar-refractivity contribution is 0.196. The van der Waals surface area contributed by atoms with Crippen LogP contribution < -0.4 is 10.1 Å². The smallest absolute Gasteiger partial charge is 0.410 e. The molecule has 0 fully saturated rings. The maximum Gasteiger partial charge on any atom is 0.413 e. The first kappa shape index (κ1) is 12.7. The van der Waals surface area contributed by atoms with Crippen molar-refractivity contribution >= 4 is 6.09 Å². The molecule has 1 N–H and O–H groups in total. The number of carbonyl (C=O) groups excluding carboxylic acids is 1. The fourth-order valence-corrected chi connectivity index (χ4v) is 2.36. The van der Waals surface area contributed by atoms with Gasteiger partial charge in [0, 0.05) is 13.0 Å². The van der Waals surface area contributed by atoms with Crippen molar-refractivity contribution in [3.8, 4) is 5.75 Å². The van der Waals surface area contributed by atoms with Gasteiger partial charge in [-0.25, -0.2) is 4.79 Å². The number of aryl methyl sites for hydroxylation is 1. The minimum atomic E-state index is -0.487. The molecule has 0 radical (unpaired) electrons. The number of amides is 1. The van der Waals surface area contributed by atoms with E-state index in [4.69, 9.17) is 4.74 Å². The van der Waals surface area contributed by atoms with Gasteiger partial charge in [-0.2, -0.15) is 0 Å². The molecular weight excluding hydrogens is 256 g/mol. The summed E-state index contributed by atoms with van der Waals surface area (Å²) < 4.78 is 7.26. The predicted octanol–water partition coefficient (Wildman–Crippen LogP) is 2.07. The first-order chi connectivity index (χ1) is 9.74. The predicted molar refractivity (Wildman–Crippen MR) is 72.4 cm³/mol. The van der Waals surface area contributed by atoms with Gasteiger partial charge in [0.25, 0.3) is 0 Å². The standard InChI is InChI=1S/C14H16N4O2/c1-10(13-17-16-12-8-5-9-18(12)13)15-14(19)20-11-6-3-2-4-7-11/h2-4,6-7,10H,5,8-9H2,1H3,(H,15,19). The highest BCUT2D eigenvalue weighted by Crippen LogP contribution is 2.19. The number of ether oxygens (including phenoxy) is 1. The van der Waals surface area contributed by atoms with Crippen LogP contribution in [-0.4, -0.2) is 20.9 Å². The normalized spacial score (nSPS) is 14.7. The third kappa shape index (κ3) is 2.49. The van der Waals surface area contributed by atoms with Gasteiger partial charge < -0.3 is 14.6 Å². The van der Waals surface area contributed by atoms with Crippen LogP contribution in [0, 0.1) is 0 Å². The number of para-hydroxylation sites is 1. The molecule has 2 aromatic rings. The van der Waals surface area contributed by atoms with E-state index in [1.165, 1.54) is 0 Å². The number of aromatic nitrogens is 3. The van der Waals surface area contributed by atoms with Crippen LogP contribution in [0.3, 0.4) is 0 Å². The summed E-state index contributed by atoms with van der Waals surface area (Å²) in [6, 6.07) is 8.74. The quantitative estimate of drug-likeness (QED) is 0.928. The second-order valence-electron chi connectivity index (χ2n) is 4.80. The van der Waals surface area contributed by atoms with E-state index < -0.39 is 6.09 Å². The number of hydrogen-bond donors (Lipinski definition) is 1. The summed E-state index contributed by atoms with van der Waals surface area (Å²) >= 11 is 0. The Morgan fingerprint density at radius 2 is 2.15 bits per heavy atom. The van der Waals surface area contributed by atoms with Gasteiger partial charge in [-0.1, -0.05) is 18.2 Å². The Kier molecular flexibility index (Phi) is 3.37. The Morgan fingerprint density at radius 3 is 2.95 bits per heavy atom. The molecule has 1 aromatic carbocycles. The monoisotopic (exact) mass is 272 g/mol. The second kappa shape index (κ2) is 5.32. The van der Waals surface area contributed by atoms with Crippen LogP contribution in [0.15, 0.2) is 30.3 Å². The number of nitrogens with zero attached hydrogens (tertiary/aromatic N) is 3. The molecule has 6 heteroatoms. The summed E-state index contributed by atoms with van der Waals surface area (Å²) in [5, 5.41) is 11.0. The molecule has 0 saturated carbocycles. The SMILES string of the molecule is CC(NC(=O)Oc1ccccc1)c1nnc2n1CCC2. The molecule has 0 saturated heterocycles. The zero-order valence-electron chi connectivity index (χ0n) is 11.2. The van der Waals surface area contributed by atoms with Gasteiger partial charge in [0.15, 0.2) is 5.82 Å². The van der Waals surface area contributed by atoms with Crippen molar-refractivity contribution in [1.29, 1.82) is 0 Å². The molecule has 1 unspecified atom stereocenters. The van der Waals surface area contributed by atoms with E-state index in [0.717, 1.165) is 31.0 Å². The van der Waals surface area contributed by atoms with Gasteiger partial charge in [-0.3, -0.25) is 0 Å². The van der Waals surface area contributed by atoms with Crippen LogP contribution in [0.4, 0.5) is 4.79 Å². The minimum absolute atomic E-state index is 0.231. The van der Waals surface area contributed by atoms with E-state index in [0.29, 0.717) is 5.75 Å². The molecule has 3 rings (SSSR count). The van der Waals surface area contributed by atoms with Crippen molar-refractivity contribution in [2.75, 3.05) is 0 Å². The van der Waals surface area contributed by atoms with E-state index in [9.17, 15) is 4.79 Å². The number of rotatable bonds is 3. The summed E-state index contributed by atoms with van der Waals surface area (Å²) in [6.45, 7) is 2.79. The van der Waals surface area contributed by atoms with Crippen LogP contribution in [0.1, 0.15) is 31.0 Å². The summed E-state index contributed by atoms with van der Waals surface area (Å²) in [5.41, 5.74) is 0. The van der Waals surface area contributed by atoms with Gasteiger partial charge in [-0.15, -0.1) is 10.2 Å². The van der Waals surface area contributed by atoms with Crippen LogP contribution in [0.2, 0.25) is 0 Å². The maximum absolute atomic E-state index is 11.8. The highest BCUT2D eigenvalue weighted by Gasteiger charge is 2.22. The van der Waals surface area contributed by atoms with Crippen molar-refractivity contribution < 1.29 is 9.53 Å². The Balaban J connectivity index is 1.64. The molecule has 2 heterocycles. The van der Waals surface area contributed by atoms with Gasteiger partial charge in [0.05, 0.1) is 6.04 Å². The van der Waals surface area contributed by atoms with E-state index in [-0.39, 0.29) is 6.04 Å². The van der Waals surface area contributed by atoms with Gasteiger partial charge >= 0.3 is 6.09 Å². The number of carbonyl (C=O) groups is 1. The number of benzene rings is 1. The fraction of sp³-hybridized carbons (Fsp3) is 0.357. The molecule has 0 spiro atoms. The Labute approximate surface area is 116 Å². The third-order valence-electron chi connectivity index (χ3n) is 3.31. The fourth-order valence-electron chi connectivity index (χ4n) is 2.36. The summed E-state index contributed by atoms with van der Waals surface area (Å²) in [5.74, 6) is 2.29. The van der Waals surface area contributed by atoms with Crippen LogP contribution in [-0.2, 0) is 13.0 Å². The van der Waals surface area contributed by atoms with Gasteiger partial charge in [0.2, 0.25) is 0 Å². The molecule has 1 aliphatic rings. The number of hydrogen-bond acceptors (Lipinski definition) is 4. The third-order valence-corrected chi connectivity index (χ3v) is 3.31. The average Bonchev–Trinajstić information content (AvgIpc) is 3.01. The van der Waals surface area contributed by atoms with Crippen LogP contribution in [0.5, 0.6) is 5.75 Å². The highest BCUT2D eigenvalue weighted by atomic mass is 16.6. The van der Waals surface area contributed by atoms with Crippen molar-refractivity contribution in [2.45, 2.75) is 32.4 Å². The molecular formula is C14H16N4O2. The molecule has 0 aliphatic carbocycles. The lowest BCUT2D eigenvalue weighted by Crippen LogP contribution is -2.31. The van der Waals surface area contributed by atoms with Gasteiger partial charge in [0.1, 0.15) is 11.6 Å². The van der Waals surface area contributed by atoms with Crippen molar-refractivity contribution in [2.24, 2.45) is 0 Å². The molecule has 0 bridgehead atoms. The Bertz CT molecular complexity index is 609. The van der Waals surface area contributed by atoms with E-state index in [1.54, 1.807) is 12.1 Å². The summed E-state index contributed by atoms with van der Waals surface area (Å²) in [6.07, 6.45) is 1.55. The van der Waals surface area contributed by atoms with Crippen molar-refractivity contribution in [3.63, 3.8) is 0 Å². The zero-order valence-corrected chi connectivity index (χ0v) is 11.2. The highest BCUT2D eigenvalue weighted by molar-refractivity contribution is 5.70. The van der Waals surface area contributed by atoms with E-state index in [1.807, 2.05) is 25.1 Å². The molecule has 6 nitrogen and oxygen atoms in total. The van der Waals surface area contributed by atoms with E-state index >= 15 is 0 Å². The first-order valence-corrected chi connectivity index (χ1v) is 6.69. The Hall–Kier alpha value is -2.37. The van der Waals surface area contributed by atoms with Crippen molar-refractivity contribution in [1.82, 2.24) is 20.1 Å². The molecule has 1 aromatic heterocycles. The lowest BCUT2D eigenvalue weighted by Gasteiger charge is -2.13.